The highest BCUT2D eigenvalue weighted by molar-refractivity contribution is 9.09. The molecule has 1 fully saturated rings. The quantitative estimate of drug-likeness (QED) is 0.608. The number of nitrogens with zero attached hydrogens (tertiary/aromatic N) is 1. The summed E-state index contributed by atoms with van der Waals surface area (Å²) < 4.78 is 5.38. The van der Waals surface area contributed by atoms with Gasteiger partial charge in [0.05, 0.1) is 5.69 Å². The van der Waals surface area contributed by atoms with E-state index in [0.29, 0.717) is 5.41 Å². The van der Waals surface area contributed by atoms with Crippen LogP contribution in [0.15, 0.2) is 15.9 Å². The van der Waals surface area contributed by atoms with E-state index in [9.17, 15) is 0 Å². The van der Waals surface area contributed by atoms with Crippen LogP contribution in [-0.2, 0) is 0 Å². The Balaban J connectivity index is 1.91. The maximum atomic E-state index is 5.38. The molecule has 0 aliphatic heterocycles. The van der Waals surface area contributed by atoms with Crippen molar-refractivity contribution in [2.24, 2.45) is 5.41 Å². The first-order chi connectivity index (χ1) is 7.74. The van der Waals surface area contributed by atoms with E-state index in [1.165, 1.54) is 32.1 Å². The van der Waals surface area contributed by atoms with Gasteiger partial charge in [0.2, 0.25) is 0 Å². The molecule has 1 aliphatic carbocycles. The van der Waals surface area contributed by atoms with Crippen molar-refractivity contribution in [3.05, 3.63) is 12.0 Å². The van der Waals surface area contributed by atoms with E-state index in [1.807, 2.05) is 6.92 Å². The van der Waals surface area contributed by atoms with Crippen molar-refractivity contribution in [3.63, 3.8) is 0 Å². The number of hydrogen-bond donors (Lipinski definition) is 0. The molecule has 1 aromatic heterocycles. The number of alkyl halides is 1. The molecular formula is C12H18BrNOS. The van der Waals surface area contributed by atoms with Gasteiger partial charge in [-0.2, -0.15) is 0 Å². The van der Waals surface area contributed by atoms with Crippen LogP contribution in [0.3, 0.4) is 0 Å². The van der Waals surface area contributed by atoms with E-state index in [4.69, 9.17) is 4.42 Å². The lowest BCUT2D eigenvalue weighted by atomic mass is 9.77. The SMILES string of the molecule is Cc1coc(SCC2(CBr)CCCCC2)n1. The lowest BCUT2D eigenvalue weighted by molar-refractivity contribution is 0.259. The Labute approximate surface area is 110 Å². The lowest BCUT2D eigenvalue weighted by Gasteiger charge is -2.35. The van der Waals surface area contributed by atoms with Gasteiger partial charge in [0.15, 0.2) is 0 Å². The Morgan fingerprint density at radius 3 is 2.75 bits per heavy atom. The molecule has 0 spiro atoms. The second-order valence-corrected chi connectivity index (χ2v) is 6.23. The largest absolute Gasteiger partial charge is 0.440 e. The summed E-state index contributed by atoms with van der Waals surface area (Å²) in [6.45, 7) is 1.97. The van der Waals surface area contributed by atoms with Gasteiger partial charge in [-0.15, -0.1) is 0 Å². The average Bonchev–Trinajstić information content (AvgIpc) is 2.74. The molecule has 2 nitrogen and oxygen atoms in total. The average molecular weight is 304 g/mol. The zero-order chi connectivity index (χ0) is 11.4. The van der Waals surface area contributed by atoms with Gasteiger partial charge in [-0.25, -0.2) is 4.98 Å². The standard InChI is InChI=1S/C12H18BrNOS/c1-10-7-15-11(14-10)16-9-12(8-13)5-3-2-4-6-12/h7H,2-6,8-9H2,1H3. The van der Waals surface area contributed by atoms with Crippen LogP contribution in [0.25, 0.3) is 0 Å². The van der Waals surface area contributed by atoms with Crippen molar-refractivity contribution in [1.82, 2.24) is 4.98 Å². The molecule has 0 saturated heterocycles. The Kier molecular flexibility index (Phi) is 4.36. The summed E-state index contributed by atoms with van der Waals surface area (Å²) in [4.78, 5) is 4.34. The van der Waals surface area contributed by atoms with E-state index >= 15 is 0 Å². The third-order valence-electron chi connectivity index (χ3n) is 3.30. The molecule has 90 valence electrons. The van der Waals surface area contributed by atoms with E-state index in [1.54, 1.807) is 18.0 Å². The summed E-state index contributed by atoms with van der Waals surface area (Å²) in [5.41, 5.74) is 1.43. The maximum Gasteiger partial charge on any atom is 0.255 e. The van der Waals surface area contributed by atoms with Gasteiger partial charge in [-0.1, -0.05) is 47.0 Å². The van der Waals surface area contributed by atoms with Gasteiger partial charge in [-0.3, -0.25) is 0 Å². The lowest BCUT2D eigenvalue weighted by Crippen LogP contribution is -2.28. The zero-order valence-corrected chi connectivity index (χ0v) is 12.1. The highest BCUT2D eigenvalue weighted by Crippen LogP contribution is 2.41. The van der Waals surface area contributed by atoms with Crippen LogP contribution in [0, 0.1) is 12.3 Å². The number of oxazole rings is 1. The zero-order valence-electron chi connectivity index (χ0n) is 9.67. The van der Waals surface area contributed by atoms with Crippen molar-refractivity contribution in [3.8, 4) is 0 Å². The molecule has 4 heteroatoms. The molecule has 0 N–H and O–H groups in total. The second kappa shape index (κ2) is 5.58. The number of thioether (sulfide) groups is 1. The number of halogens is 1. The third kappa shape index (κ3) is 3.04. The summed E-state index contributed by atoms with van der Waals surface area (Å²) in [6, 6.07) is 0. The fourth-order valence-corrected chi connectivity index (χ4v) is 4.40. The van der Waals surface area contributed by atoms with Crippen LogP contribution in [0.5, 0.6) is 0 Å². The number of aryl methyl sites for hydroxylation is 1. The van der Waals surface area contributed by atoms with Crippen LogP contribution >= 0.6 is 27.7 Å². The topological polar surface area (TPSA) is 26.0 Å². The van der Waals surface area contributed by atoms with Gasteiger partial charge in [0, 0.05) is 11.1 Å². The third-order valence-corrected chi connectivity index (χ3v) is 5.68. The minimum Gasteiger partial charge on any atom is -0.440 e. The van der Waals surface area contributed by atoms with Crippen LogP contribution in [0.1, 0.15) is 37.8 Å². The molecule has 16 heavy (non-hydrogen) atoms. The van der Waals surface area contributed by atoms with Crippen molar-refractivity contribution in [2.75, 3.05) is 11.1 Å². The van der Waals surface area contributed by atoms with Crippen molar-refractivity contribution < 1.29 is 4.42 Å². The number of rotatable bonds is 4. The highest BCUT2D eigenvalue weighted by Gasteiger charge is 2.31. The molecule has 2 rings (SSSR count). The molecule has 0 atom stereocenters. The summed E-state index contributed by atoms with van der Waals surface area (Å²) >= 11 is 5.45. The fraction of sp³-hybridized carbons (Fsp3) is 0.750. The Morgan fingerprint density at radius 1 is 1.44 bits per heavy atom. The molecular weight excluding hydrogens is 286 g/mol. The molecule has 0 aromatic carbocycles. The van der Waals surface area contributed by atoms with Crippen molar-refractivity contribution >= 4 is 27.7 Å². The molecule has 1 saturated carbocycles. The van der Waals surface area contributed by atoms with Gasteiger partial charge in [0.25, 0.3) is 5.22 Å². The normalized spacial score (nSPS) is 19.9. The Hall–Kier alpha value is 0.0400. The second-order valence-electron chi connectivity index (χ2n) is 4.74. The van der Waals surface area contributed by atoms with Crippen LogP contribution in [0.4, 0.5) is 0 Å². The van der Waals surface area contributed by atoms with Crippen LogP contribution < -0.4 is 0 Å². The summed E-state index contributed by atoms with van der Waals surface area (Å²) in [5.74, 6) is 1.12. The van der Waals surface area contributed by atoms with Crippen LogP contribution in [0.2, 0.25) is 0 Å². The number of hydrogen-bond acceptors (Lipinski definition) is 3. The molecule has 0 amide bonds. The first-order valence-electron chi connectivity index (χ1n) is 5.85. The van der Waals surface area contributed by atoms with E-state index in [2.05, 4.69) is 20.9 Å². The highest BCUT2D eigenvalue weighted by atomic mass is 79.9. The molecule has 1 heterocycles. The summed E-state index contributed by atoms with van der Waals surface area (Å²) in [5, 5.41) is 1.93. The smallest absolute Gasteiger partial charge is 0.255 e. The Morgan fingerprint density at radius 2 is 2.19 bits per heavy atom. The minimum atomic E-state index is 0.464. The predicted octanol–water partition coefficient (Wildman–Crippen LogP) is 4.42. The predicted molar refractivity (Wildman–Crippen MR) is 71.3 cm³/mol. The van der Waals surface area contributed by atoms with Gasteiger partial charge in [0.1, 0.15) is 6.26 Å². The van der Waals surface area contributed by atoms with E-state index in [-0.39, 0.29) is 0 Å². The van der Waals surface area contributed by atoms with Crippen LogP contribution in [-0.4, -0.2) is 16.1 Å². The fourth-order valence-electron chi connectivity index (χ4n) is 2.23. The van der Waals surface area contributed by atoms with Gasteiger partial charge < -0.3 is 4.42 Å². The van der Waals surface area contributed by atoms with Gasteiger partial charge in [-0.05, 0) is 25.2 Å². The molecule has 0 radical (unpaired) electrons. The molecule has 1 aliphatic rings. The molecule has 0 bridgehead atoms. The summed E-state index contributed by atoms with van der Waals surface area (Å²) in [7, 11) is 0. The molecule has 1 aromatic rings. The van der Waals surface area contributed by atoms with Crippen molar-refractivity contribution in [1.29, 1.82) is 0 Å². The van der Waals surface area contributed by atoms with Crippen molar-refractivity contribution in [2.45, 2.75) is 44.3 Å². The monoisotopic (exact) mass is 303 g/mol. The first-order valence-corrected chi connectivity index (χ1v) is 7.96. The molecule has 0 unspecified atom stereocenters. The first kappa shape index (κ1) is 12.5. The van der Waals surface area contributed by atoms with E-state index in [0.717, 1.165) is 22.0 Å². The van der Waals surface area contributed by atoms with Gasteiger partial charge >= 0.3 is 0 Å². The minimum absolute atomic E-state index is 0.464. The Bertz CT molecular complexity index is 334. The summed E-state index contributed by atoms with van der Waals surface area (Å²) in [6.07, 6.45) is 8.55. The van der Waals surface area contributed by atoms with E-state index < -0.39 is 0 Å². The maximum absolute atomic E-state index is 5.38. The number of aromatic nitrogens is 1.